The minimum Gasteiger partial charge on any atom is -0.348 e. The first-order valence-electron chi connectivity index (χ1n) is 7.69. The number of carbonyl (C=O) groups is 1. The van der Waals surface area contributed by atoms with Crippen LogP contribution in [0.25, 0.3) is 0 Å². The zero-order chi connectivity index (χ0) is 16.1. The summed E-state index contributed by atoms with van der Waals surface area (Å²) >= 11 is 4.70. The van der Waals surface area contributed by atoms with Gasteiger partial charge in [0.1, 0.15) is 0 Å². The third-order valence-electron chi connectivity index (χ3n) is 3.55. The molecule has 1 aromatic heterocycles. The third-order valence-corrected chi connectivity index (χ3v) is 6.62. The van der Waals surface area contributed by atoms with E-state index in [1.54, 1.807) is 23.1 Å². The Bertz CT molecular complexity index is 643. The van der Waals surface area contributed by atoms with Crippen LogP contribution in [-0.2, 0) is 4.79 Å². The number of benzene rings is 1. The van der Waals surface area contributed by atoms with E-state index in [2.05, 4.69) is 34.6 Å². The smallest absolute Gasteiger partial charge is 0.230 e. The van der Waals surface area contributed by atoms with Crippen molar-refractivity contribution in [3.63, 3.8) is 0 Å². The molecule has 1 N–H and O–H groups in total. The predicted octanol–water partition coefficient (Wildman–Crippen LogP) is 4.01. The van der Waals surface area contributed by atoms with Gasteiger partial charge in [-0.25, -0.2) is 0 Å². The molecule has 1 unspecified atom stereocenters. The molecule has 0 spiro atoms. The minimum atomic E-state index is 0.0654. The van der Waals surface area contributed by atoms with Gasteiger partial charge in [0.2, 0.25) is 5.91 Å². The van der Waals surface area contributed by atoms with Crippen molar-refractivity contribution in [2.75, 3.05) is 11.5 Å². The second kappa shape index (κ2) is 8.17. The summed E-state index contributed by atoms with van der Waals surface area (Å²) in [4.78, 5) is 12.3. The molecule has 0 saturated heterocycles. The Morgan fingerprint density at radius 2 is 1.96 bits per heavy atom. The Kier molecular flexibility index (Phi) is 5.96. The van der Waals surface area contributed by atoms with Crippen LogP contribution in [0, 0.1) is 5.92 Å². The van der Waals surface area contributed by atoms with Crippen molar-refractivity contribution in [1.29, 1.82) is 0 Å². The third kappa shape index (κ3) is 4.96. The van der Waals surface area contributed by atoms with Gasteiger partial charge >= 0.3 is 0 Å². The highest BCUT2D eigenvalue weighted by Crippen LogP contribution is 2.41. The molecule has 4 nitrogen and oxygen atoms in total. The van der Waals surface area contributed by atoms with Gasteiger partial charge in [-0.1, -0.05) is 72.1 Å². The van der Waals surface area contributed by atoms with Crippen molar-refractivity contribution in [2.24, 2.45) is 5.92 Å². The standard InChI is InChI=1S/C16H19N3OS3/c1-2-21-15-18-19-16(23-15)22-10-13(20)17-14(12-8-9-12)11-6-4-3-5-7-11/h3-7,12,14H,2,8-10H2,1H3,(H,17,20). The van der Waals surface area contributed by atoms with Crippen LogP contribution in [0.4, 0.5) is 0 Å². The van der Waals surface area contributed by atoms with Crippen molar-refractivity contribution < 1.29 is 4.79 Å². The number of nitrogens with zero attached hydrogens (tertiary/aromatic N) is 2. The number of hydrogen-bond donors (Lipinski definition) is 1. The Balaban J connectivity index is 1.53. The van der Waals surface area contributed by atoms with Gasteiger partial charge in [-0.15, -0.1) is 10.2 Å². The van der Waals surface area contributed by atoms with Gasteiger partial charge < -0.3 is 5.32 Å². The van der Waals surface area contributed by atoms with Crippen molar-refractivity contribution in [1.82, 2.24) is 15.5 Å². The first-order chi connectivity index (χ1) is 11.3. The monoisotopic (exact) mass is 365 g/mol. The maximum atomic E-state index is 12.3. The number of aromatic nitrogens is 2. The zero-order valence-electron chi connectivity index (χ0n) is 12.9. The Hall–Kier alpha value is -1.05. The van der Waals surface area contributed by atoms with Crippen LogP contribution >= 0.6 is 34.9 Å². The van der Waals surface area contributed by atoms with E-state index in [0.717, 1.165) is 14.4 Å². The molecule has 1 fully saturated rings. The van der Waals surface area contributed by atoms with E-state index in [9.17, 15) is 4.79 Å². The van der Waals surface area contributed by atoms with E-state index < -0.39 is 0 Å². The number of amides is 1. The van der Waals surface area contributed by atoms with Crippen LogP contribution in [0.15, 0.2) is 39.0 Å². The number of thioether (sulfide) groups is 2. The molecular formula is C16H19N3OS3. The molecule has 2 aromatic rings. The van der Waals surface area contributed by atoms with E-state index in [1.165, 1.54) is 30.2 Å². The Morgan fingerprint density at radius 3 is 2.61 bits per heavy atom. The summed E-state index contributed by atoms with van der Waals surface area (Å²) in [6.07, 6.45) is 2.39. The molecule has 3 rings (SSSR count). The van der Waals surface area contributed by atoms with E-state index in [4.69, 9.17) is 0 Å². The fourth-order valence-electron chi connectivity index (χ4n) is 2.34. The van der Waals surface area contributed by atoms with E-state index in [0.29, 0.717) is 11.7 Å². The molecule has 0 radical (unpaired) electrons. The summed E-state index contributed by atoms with van der Waals surface area (Å²) in [6, 6.07) is 10.4. The molecule has 1 aliphatic carbocycles. The van der Waals surface area contributed by atoms with Crippen LogP contribution in [0.1, 0.15) is 31.4 Å². The summed E-state index contributed by atoms with van der Waals surface area (Å²) in [7, 11) is 0. The summed E-state index contributed by atoms with van der Waals surface area (Å²) in [5.41, 5.74) is 1.20. The largest absolute Gasteiger partial charge is 0.348 e. The quantitative estimate of drug-likeness (QED) is 0.716. The van der Waals surface area contributed by atoms with Gasteiger partial charge in [0.05, 0.1) is 11.8 Å². The summed E-state index contributed by atoms with van der Waals surface area (Å²) < 4.78 is 1.83. The van der Waals surface area contributed by atoms with Crippen LogP contribution in [-0.4, -0.2) is 27.6 Å². The summed E-state index contributed by atoms with van der Waals surface area (Å²) in [5, 5.41) is 11.4. The van der Waals surface area contributed by atoms with Crippen molar-refractivity contribution in [3.05, 3.63) is 35.9 Å². The Labute approximate surface area is 148 Å². The van der Waals surface area contributed by atoms with Crippen molar-refractivity contribution in [3.8, 4) is 0 Å². The lowest BCUT2D eigenvalue weighted by molar-refractivity contribution is -0.119. The average molecular weight is 366 g/mol. The van der Waals surface area contributed by atoms with Gasteiger partial charge in [0.15, 0.2) is 8.68 Å². The number of rotatable bonds is 8. The van der Waals surface area contributed by atoms with Gasteiger partial charge in [-0.2, -0.15) is 0 Å². The van der Waals surface area contributed by atoms with Crippen molar-refractivity contribution >= 4 is 40.8 Å². The topological polar surface area (TPSA) is 54.9 Å². The molecule has 1 amide bonds. The second-order valence-electron chi connectivity index (χ2n) is 5.35. The highest BCUT2D eigenvalue weighted by atomic mass is 32.2. The van der Waals surface area contributed by atoms with E-state index in [-0.39, 0.29) is 11.9 Å². The summed E-state index contributed by atoms with van der Waals surface area (Å²) in [5.74, 6) is 2.03. The van der Waals surface area contributed by atoms with Gasteiger partial charge in [0.25, 0.3) is 0 Å². The van der Waals surface area contributed by atoms with Gasteiger partial charge in [-0.3, -0.25) is 4.79 Å². The molecule has 1 aliphatic rings. The van der Waals surface area contributed by atoms with Gasteiger partial charge in [-0.05, 0) is 30.1 Å². The highest BCUT2D eigenvalue weighted by molar-refractivity contribution is 8.03. The summed E-state index contributed by atoms with van der Waals surface area (Å²) in [6.45, 7) is 2.09. The van der Waals surface area contributed by atoms with Gasteiger partial charge in [0, 0.05) is 0 Å². The number of nitrogens with one attached hydrogen (secondary N) is 1. The Morgan fingerprint density at radius 1 is 1.26 bits per heavy atom. The zero-order valence-corrected chi connectivity index (χ0v) is 15.3. The van der Waals surface area contributed by atoms with E-state index >= 15 is 0 Å². The molecule has 1 heterocycles. The molecular weight excluding hydrogens is 346 g/mol. The molecule has 122 valence electrons. The first-order valence-corrected chi connectivity index (χ1v) is 10.5. The maximum absolute atomic E-state index is 12.3. The fourth-order valence-corrected chi connectivity index (χ4v) is 5.07. The van der Waals surface area contributed by atoms with Crippen LogP contribution < -0.4 is 5.32 Å². The lowest BCUT2D eigenvalue weighted by Crippen LogP contribution is -2.31. The number of hydrogen-bond acceptors (Lipinski definition) is 6. The molecule has 1 saturated carbocycles. The predicted molar refractivity (Wildman–Crippen MR) is 97.1 cm³/mol. The van der Waals surface area contributed by atoms with Crippen molar-refractivity contribution in [2.45, 2.75) is 34.5 Å². The molecule has 1 atom stereocenters. The first kappa shape index (κ1) is 16.8. The SMILES string of the molecule is CCSc1nnc(SCC(=O)NC(c2ccccc2)C2CC2)s1. The van der Waals surface area contributed by atoms with E-state index in [1.807, 2.05) is 18.2 Å². The normalized spacial score (nSPS) is 15.3. The highest BCUT2D eigenvalue weighted by Gasteiger charge is 2.33. The molecule has 7 heteroatoms. The molecule has 23 heavy (non-hydrogen) atoms. The lowest BCUT2D eigenvalue weighted by Gasteiger charge is -2.18. The average Bonchev–Trinajstić information content (AvgIpc) is 3.32. The molecule has 1 aromatic carbocycles. The minimum absolute atomic E-state index is 0.0654. The maximum Gasteiger partial charge on any atom is 0.230 e. The van der Waals surface area contributed by atoms with Crippen LogP contribution in [0.3, 0.4) is 0 Å². The van der Waals surface area contributed by atoms with Crippen LogP contribution in [0.5, 0.6) is 0 Å². The van der Waals surface area contributed by atoms with Crippen LogP contribution in [0.2, 0.25) is 0 Å². The molecule has 0 aliphatic heterocycles. The fraction of sp³-hybridized carbons (Fsp3) is 0.438. The molecule has 0 bridgehead atoms. The second-order valence-corrected chi connectivity index (χ2v) is 9.06. The lowest BCUT2D eigenvalue weighted by atomic mass is 10.0. The number of carbonyl (C=O) groups excluding carboxylic acids is 1.